The third-order valence-electron chi connectivity index (χ3n) is 6.13. The van der Waals surface area contributed by atoms with Gasteiger partial charge in [0.15, 0.2) is 5.65 Å². The summed E-state index contributed by atoms with van der Waals surface area (Å²) in [4.78, 5) is 16.7. The number of fused-ring (bicyclic) bond motifs is 1. The molecule has 34 heavy (non-hydrogen) atoms. The number of aromatic nitrogens is 3. The molecule has 0 spiro atoms. The first-order chi connectivity index (χ1) is 16.1. The van der Waals surface area contributed by atoms with Gasteiger partial charge in [-0.15, -0.1) is 0 Å². The number of benzene rings is 1. The van der Waals surface area contributed by atoms with E-state index in [2.05, 4.69) is 20.5 Å². The van der Waals surface area contributed by atoms with Gasteiger partial charge in [0.1, 0.15) is 0 Å². The van der Waals surface area contributed by atoms with Crippen LogP contribution < -0.4 is 5.32 Å². The minimum Gasteiger partial charge on any atom is -0.348 e. The van der Waals surface area contributed by atoms with Gasteiger partial charge >= 0.3 is 0 Å². The highest BCUT2D eigenvalue weighted by atomic mass is 32.2. The zero-order chi connectivity index (χ0) is 24.3. The number of halogens is 2. The number of rotatable bonds is 8. The molecular formula is C23H27F2N5O3S. The van der Waals surface area contributed by atoms with Gasteiger partial charge in [0.25, 0.3) is 5.91 Å². The Morgan fingerprint density at radius 2 is 1.91 bits per heavy atom. The molecule has 8 nitrogen and oxygen atoms in total. The number of amides is 1. The van der Waals surface area contributed by atoms with Gasteiger partial charge in [-0.2, -0.15) is 9.40 Å². The first kappa shape index (κ1) is 24.2. The van der Waals surface area contributed by atoms with Crippen LogP contribution >= 0.6 is 0 Å². The molecule has 1 amide bonds. The van der Waals surface area contributed by atoms with E-state index in [9.17, 15) is 22.0 Å². The first-order valence-corrected chi connectivity index (χ1v) is 12.6. The number of pyridine rings is 1. The van der Waals surface area contributed by atoms with E-state index >= 15 is 0 Å². The van der Waals surface area contributed by atoms with Gasteiger partial charge in [-0.1, -0.05) is 12.1 Å². The fourth-order valence-corrected chi connectivity index (χ4v) is 5.54. The molecule has 182 valence electrons. The van der Waals surface area contributed by atoms with Crippen molar-refractivity contribution in [3.05, 3.63) is 53.9 Å². The molecular weight excluding hydrogens is 464 g/mol. The molecule has 1 aromatic carbocycles. The Hall–Kier alpha value is -2.92. The zero-order valence-corrected chi connectivity index (χ0v) is 19.6. The maximum absolute atomic E-state index is 13.1. The Labute approximate surface area is 196 Å². The molecule has 11 heteroatoms. The number of nitrogens with zero attached hydrogens (tertiary/aromatic N) is 3. The number of carbonyl (C=O) groups is 1. The van der Waals surface area contributed by atoms with Crippen LogP contribution in [-0.4, -0.2) is 52.8 Å². The Bertz CT molecular complexity index is 1250. The van der Waals surface area contributed by atoms with Crippen molar-refractivity contribution in [3.8, 4) is 0 Å². The van der Waals surface area contributed by atoms with Gasteiger partial charge in [0.05, 0.1) is 16.7 Å². The molecule has 0 atom stereocenters. The van der Waals surface area contributed by atoms with Crippen molar-refractivity contribution in [3.63, 3.8) is 0 Å². The van der Waals surface area contributed by atoms with Crippen molar-refractivity contribution in [1.29, 1.82) is 0 Å². The summed E-state index contributed by atoms with van der Waals surface area (Å²) < 4.78 is 53.6. The number of hydrogen-bond donors (Lipinski definition) is 2. The van der Waals surface area contributed by atoms with Crippen LogP contribution in [0, 0.1) is 5.92 Å². The summed E-state index contributed by atoms with van der Waals surface area (Å²) in [5.74, 6) is -2.86. The number of aromatic amines is 1. The number of sulfonamides is 1. The van der Waals surface area contributed by atoms with Crippen LogP contribution in [0.1, 0.15) is 48.5 Å². The van der Waals surface area contributed by atoms with Gasteiger partial charge < -0.3 is 5.32 Å². The average molecular weight is 492 g/mol. The molecule has 1 aliphatic heterocycles. The second kappa shape index (κ2) is 9.75. The smallest absolute Gasteiger partial charge is 0.253 e. The minimum absolute atomic E-state index is 0.118. The Kier molecular flexibility index (Phi) is 6.94. The van der Waals surface area contributed by atoms with E-state index in [1.54, 1.807) is 24.4 Å². The fourth-order valence-electron chi connectivity index (χ4n) is 4.07. The molecule has 1 fully saturated rings. The SMILES string of the molecule is CC(F)(F)CCC1CCN(S(=O)(=O)c2ccc(CNC(=O)c3cnc4[nH]ncc4c3)cc2)CC1. The van der Waals surface area contributed by atoms with Crippen molar-refractivity contribution in [2.75, 3.05) is 13.1 Å². The van der Waals surface area contributed by atoms with Crippen LogP contribution in [0.25, 0.3) is 11.0 Å². The van der Waals surface area contributed by atoms with Gasteiger partial charge in [0.2, 0.25) is 15.9 Å². The van der Waals surface area contributed by atoms with Crippen molar-refractivity contribution in [2.45, 2.75) is 50.0 Å². The second-order valence-electron chi connectivity index (χ2n) is 8.81. The third-order valence-corrected chi connectivity index (χ3v) is 8.05. The Balaban J connectivity index is 1.31. The van der Waals surface area contributed by atoms with E-state index in [4.69, 9.17) is 0 Å². The largest absolute Gasteiger partial charge is 0.348 e. The molecule has 1 aliphatic rings. The maximum Gasteiger partial charge on any atom is 0.253 e. The molecule has 1 saturated heterocycles. The van der Waals surface area contributed by atoms with Crippen molar-refractivity contribution in [1.82, 2.24) is 24.8 Å². The summed E-state index contributed by atoms with van der Waals surface area (Å²) >= 11 is 0. The molecule has 2 N–H and O–H groups in total. The number of H-pyrrole nitrogens is 1. The van der Waals surface area contributed by atoms with Crippen molar-refractivity contribution in [2.24, 2.45) is 5.92 Å². The van der Waals surface area contributed by atoms with E-state index in [1.807, 2.05) is 0 Å². The topological polar surface area (TPSA) is 108 Å². The van der Waals surface area contributed by atoms with Crippen LogP contribution in [0.5, 0.6) is 0 Å². The number of alkyl halides is 2. The molecule has 0 bridgehead atoms. The number of piperidine rings is 1. The van der Waals surface area contributed by atoms with Crippen LogP contribution in [0.3, 0.4) is 0 Å². The predicted octanol–water partition coefficient (Wildman–Crippen LogP) is 3.72. The fraction of sp³-hybridized carbons (Fsp3) is 0.435. The first-order valence-electron chi connectivity index (χ1n) is 11.2. The maximum atomic E-state index is 13.1. The van der Waals surface area contributed by atoms with Gasteiger partial charge in [0, 0.05) is 37.6 Å². The van der Waals surface area contributed by atoms with Crippen molar-refractivity contribution < 1.29 is 22.0 Å². The third kappa shape index (κ3) is 5.76. The zero-order valence-electron chi connectivity index (χ0n) is 18.8. The molecule has 0 saturated carbocycles. The summed E-state index contributed by atoms with van der Waals surface area (Å²) in [7, 11) is -3.65. The highest BCUT2D eigenvalue weighted by Gasteiger charge is 2.31. The molecule has 2 aromatic heterocycles. The highest BCUT2D eigenvalue weighted by Crippen LogP contribution is 2.30. The quantitative estimate of drug-likeness (QED) is 0.499. The van der Waals surface area contributed by atoms with E-state index < -0.39 is 15.9 Å². The monoisotopic (exact) mass is 491 g/mol. The van der Waals surface area contributed by atoms with E-state index in [1.165, 1.54) is 22.6 Å². The van der Waals surface area contributed by atoms with E-state index in [0.717, 1.165) is 17.9 Å². The molecule has 4 rings (SSSR count). The second-order valence-corrected chi connectivity index (χ2v) is 10.8. The van der Waals surface area contributed by atoms with Gasteiger partial charge in [-0.3, -0.25) is 9.89 Å². The van der Waals surface area contributed by atoms with E-state index in [0.29, 0.717) is 43.6 Å². The Morgan fingerprint density at radius 1 is 1.21 bits per heavy atom. The highest BCUT2D eigenvalue weighted by molar-refractivity contribution is 7.89. The molecule has 0 aliphatic carbocycles. The Morgan fingerprint density at radius 3 is 2.59 bits per heavy atom. The lowest BCUT2D eigenvalue weighted by Gasteiger charge is -2.31. The van der Waals surface area contributed by atoms with Gasteiger partial charge in [-0.25, -0.2) is 22.2 Å². The molecule has 3 aromatic rings. The summed E-state index contributed by atoms with van der Waals surface area (Å²) in [5.41, 5.74) is 1.75. The average Bonchev–Trinajstić information content (AvgIpc) is 3.29. The van der Waals surface area contributed by atoms with E-state index in [-0.39, 0.29) is 29.7 Å². The number of hydrogen-bond acceptors (Lipinski definition) is 5. The normalized spacial score (nSPS) is 16.1. The standard InChI is InChI=1S/C23H27F2N5O3S/c1-23(24,25)9-6-16-7-10-30(11-8-16)34(32,33)20-4-2-17(3-5-20)13-27-22(31)19-12-18-15-28-29-21(18)26-14-19/h2-5,12,14-16H,6-11,13H2,1H3,(H,27,31)(H,26,28,29). The van der Waals surface area contributed by atoms with Crippen LogP contribution in [-0.2, 0) is 16.6 Å². The summed E-state index contributed by atoms with van der Waals surface area (Å²) in [5, 5.41) is 10.1. The predicted molar refractivity (Wildman–Crippen MR) is 123 cm³/mol. The lowest BCUT2D eigenvalue weighted by Crippen LogP contribution is -2.38. The van der Waals surface area contributed by atoms with Crippen LogP contribution in [0.15, 0.2) is 47.6 Å². The molecule has 0 unspecified atom stereocenters. The lowest BCUT2D eigenvalue weighted by molar-refractivity contribution is 0.00461. The van der Waals surface area contributed by atoms with Crippen molar-refractivity contribution >= 4 is 27.0 Å². The minimum atomic E-state index is -3.65. The lowest BCUT2D eigenvalue weighted by atomic mass is 9.92. The molecule has 3 heterocycles. The van der Waals surface area contributed by atoms with Gasteiger partial charge in [-0.05, 0) is 55.9 Å². The summed E-state index contributed by atoms with van der Waals surface area (Å²) in [6.07, 6.45) is 4.45. The summed E-state index contributed by atoms with van der Waals surface area (Å²) in [6, 6.07) is 8.08. The van der Waals surface area contributed by atoms with Crippen LogP contribution in [0.4, 0.5) is 8.78 Å². The number of carbonyl (C=O) groups excluding carboxylic acids is 1. The summed E-state index contributed by atoms with van der Waals surface area (Å²) in [6.45, 7) is 1.80. The van der Waals surface area contributed by atoms with Crippen LogP contribution in [0.2, 0.25) is 0 Å². The number of nitrogens with one attached hydrogen (secondary N) is 2. The molecule has 0 radical (unpaired) electrons.